The van der Waals surface area contributed by atoms with E-state index in [-0.39, 0.29) is 12.2 Å². The third-order valence-electron chi connectivity index (χ3n) is 1.81. The lowest BCUT2D eigenvalue weighted by Crippen LogP contribution is -2.14. The van der Waals surface area contributed by atoms with Crippen molar-refractivity contribution in [3.05, 3.63) is 17.3 Å². The molecule has 15 heavy (non-hydrogen) atoms. The van der Waals surface area contributed by atoms with E-state index in [1.807, 2.05) is 6.07 Å². The van der Waals surface area contributed by atoms with Crippen LogP contribution in [0.1, 0.15) is 42.4 Å². The minimum Gasteiger partial charge on any atom is -0.436 e. The summed E-state index contributed by atoms with van der Waals surface area (Å²) in [7, 11) is 0. The van der Waals surface area contributed by atoms with Gasteiger partial charge in [-0.1, -0.05) is 0 Å². The van der Waals surface area contributed by atoms with Gasteiger partial charge in [-0.25, -0.2) is 13.8 Å². The van der Waals surface area contributed by atoms with Crippen molar-refractivity contribution < 1.29 is 18.0 Å². The molecule has 1 aromatic heterocycles. The van der Waals surface area contributed by atoms with E-state index in [4.69, 9.17) is 9.68 Å². The smallest absolute Gasteiger partial charge is 0.284 e. The fourth-order valence-electron chi connectivity index (χ4n) is 0.900. The van der Waals surface area contributed by atoms with E-state index in [9.17, 15) is 13.6 Å². The number of rotatable bonds is 3. The molecule has 0 spiro atoms. The lowest BCUT2D eigenvalue weighted by Gasteiger charge is -2.08. The lowest BCUT2D eigenvalue weighted by atomic mass is 9.96. The van der Waals surface area contributed by atoms with Crippen LogP contribution in [0.5, 0.6) is 0 Å². The zero-order valence-electron chi connectivity index (χ0n) is 8.12. The van der Waals surface area contributed by atoms with Gasteiger partial charge in [-0.3, -0.25) is 4.79 Å². The van der Waals surface area contributed by atoms with Crippen LogP contribution in [-0.4, -0.2) is 11.3 Å². The second kappa shape index (κ2) is 3.77. The second-order valence-corrected chi connectivity index (χ2v) is 3.42. The topological polar surface area (TPSA) is 66.9 Å². The molecule has 4 nitrogen and oxygen atoms in total. The zero-order valence-corrected chi connectivity index (χ0v) is 8.12. The molecule has 0 N–H and O–H groups in total. The van der Waals surface area contributed by atoms with Gasteiger partial charge in [0.15, 0.2) is 17.7 Å². The highest BCUT2D eigenvalue weighted by atomic mass is 19.3. The number of carbonyl (C=O) groups excluding carboxylic acids is 1. The number of carbonyl (C=O) groups is 1. The molecule has 1 aromatic rings. The molecule has 0 aromatic carbocycles. The maximum absolute atomic E-state index is 12.4. The van der Waals surface area contributed by atoms with Crippen molar-refractivity contribution in [2.45, 2.75) is 25.7 Å². The molecular weight excluding hydrogens is 206 g/mol. The number of nitrogens with zero attached hydrogens (tertiary/aromatic N) is 2. The van der Waals surface area contributed by atoms with Crippen LogP contribution in [0.15, 0.2) is 4.42 Å². The van der Waals surface area contributed by atoms with Crippen molar-refractivity contribution in [3.63, 3.8) is 0 Å². The van der Waals surface area contributed by atoms with Gasteiger partial charge in [0.1, 0.15) is 5.41 Å². The van der Waals surface area contributed by atoms with Gasteiger partial charge in [-0.15, -0.1) is 0 Å². The normalized spacial score (nSPS) is 11.5. The summed E-state index contributed by atoms with van der Waals surface area (Å²) < 4.78 is 29.5. The molecule has 0 unspecified atom stereocenters. The Balaban J connectivity index is 3.26. The molecule has 0 radical (unpaired) electrons. The Hall–Kier alpha value is -1.77. The number of hydrogen-bond acceptors (Lipinski definition) is 4. The first kappa shape index (κ1) is 11.3. The maximum Gasteiger partial charge on any atom is 0.284 e. The minimum absolute atomic E-state index is 0.158. The molecule has 0 saturated carbocycles. The Bertz CT molecular complexity index is 418. The summed E-state index contributed by atoms with van der Waals surface area (Å²) in [5, 5.41) is 8.73. The highest BCUT2D eigenvalue weighted by Crippen LogP contribution is 2.28. The third-order valence-corrected chi connectivity index (χ3v) is 1.81. The highest BCUT2D eigenvalue weighted by molar-refractivity contribution is 5.72. The Kier molecular flexibility index (Phi) is 2.84. The summed E-state index contributed by atoms with van der Waals surface area (Å²) in [4.78, 5) is 13.9. The van der Waals surface area contributed by atoms with E-state index >= 15 is 0 Å². The SMILES string of the molecule is CC(C)(C#N)c1nc(C(F)F)c(C=O)o1. The van der Waals surface area contributed by atoms with Crippen LogP contribution in [0.25, 0.3) is 0 Å². The van der Waals surface area contributed by atoms with E-state index in [2.05, 4.69) is 4.98 Å². The van der Waals surface area contributed by atoms with E-state index in [1.165, 1.54) is 13.8 Å². The monoisotopic (exact) mass is 214 g/mol. The summed E-state index contributed by atoms with van der Waals surface area (Å²) in [5.41, 5.74) is -1.85. The summed E-state index contributed by atoms with van der Waals surface area (Å²) >= 11 is 0. The van der Waals surface area contributed by atoms with Gasteiger partial charge in [0, 0.05) is 0 Å². The predicted octanol–water partition coefficient (Wildman–Crippen LogP) is 2.23. The van der Waals surface area contributed by atoms with Gasteiger partial charge < -0.3 is 4.42 Å². The van der Waals surface area contributed by atoms with Crippen molar-refractivity contribution in [1.29, 1.82) is 5.26 Å². The molecular formula is C9H8F2N2O2. The van der Waals surface area contributed by atoms with Gasteiger partial charge in [0.2, 0.25) is 5.89 Å². The molecule has 0 aliphatic heterocycles. The Labute approximate surface area is 84.5 Å². The lowest BCUT2D eigenvalue weighted by molar-refractivity contribution is 0.107. The number of hydrogen-bond donors (Lipinski definition) is 0. The van der Waals surface area contributed by atoms with Crippen LogP contribution in [0, 0.1) is 11.3 Å². The molecule has 0 amide bonds. The molecule has 0 aliphatic carbocycles. The summed E-state index contributed by atoms with van der Waals surface area (Å²) in [5.74, 6) is -0.703. The molecule has 0 bridgehead atoms. The molecule has 80 valence electrons. The van der Waals surface area contributed by atoms with Gasteiger partial charge in [0.25, 0.3) is 6.43 Å². The number of aromatic nitrogens is 1. The largest absolute Gasteiger partial charge is 0.436 e. The maximum atomic E-state index is 12.4. The Morgan fingerprint density at radius 1 is 1.60 bits per heavy atom. The van der Waals surface area contributed by atoms with Crippen molar-refractivity contribution >= 4 is 6.29 Å². The van der Waals surface area contributed by atoms with Gasteiger partial charge >= 0.3 is 0 Å². The fourth-order valence-corrected chi connectivity index (χ4v) is 0.900. The van der Waals surface area contributed by atoms with Crippen LogP contribution in [0.4, 0.5) is 8.78 Å². The molecule has 0 saturated heterocycles. The van der Waals surface area contributed by atoms with Gasteiger partial charge in [0.05, 0.1) is 6.07 Å². The number of oxazole rings is 1. The molecule has 6 heteroatoms. The van der Waals surface area contributed by atoms with E-state index in [0.29, 0.717) is 0 Å². The Morgan fingerprint density at radius 3 is 2.53 bits per heavy atom. The van der Waals surface area contributed by atoms with Crippen LogP contribution < -0.4 is 0 Å². The first-order chi connectivity index (χ1) is 6.92. The van der Waals surface area contributed by atoms with Crippen molar-refractivity contribution in [2.75, 3.05) is 0 Å². The van der Waals surface area contributed by atoms with Crippen molar-refractivity contribution in [3.8, 4) is 6.07 Å². The van der Waals surface area contributed by atoms with E-state index in [1.54, 1.807) is 0 Å². The molecule has 0 atom stereocenters. The summed E-state index contributed by atoms with van der Waals surface area (Å²) in [6, 6.07) is 1.84. The van der Waals surface area contributed by atoms with Crippen LogP contribution in [0.2, 0.25) is 0 Å². The average molecular weight is 214 g/mol. The van der Waals surface area contributed by atoms with Gasteiger partial charge in [-0.2, -0.15) is 5.26 Å². The van der Waals surface area contributed by atoms with E-state index < -0.39 is 23.3 Å². The molecule has 1 heterocycles. The zero-order chi connectivity index (χ0) is 11.6. The highest BCUT2D eigenvalue weighted by Gasteiger charge is 2.30. The third kappa shape index (κ3) is 2.01. The number of nitriles is 1. The van der Waals surface area contributed by atoms with E-state index in [0.717, 1.165) is 0 Å². The number of alkyl halides is 2. The molecule has 0 fully saturated rings. The van der Waals surface area contributed by atoms with Crippen molar-refractivity contribution in [1.82, 2.24) is 4.98 Å². The summed E-state index contributed by atoms with van der Waals surface area (Å²) in [6.07, 6.45) is -2.73. The second-order valence-electron chi connectivity index (χ2n) is 3.42. The van der Waals surface area contributed by atoms with Crippen LogP contribution in [-0.2, 0) is 5.41 Å². The Morgan fingerprint density at radius 2 is 2.20 bits per heavy atom. The number of halogens is 2. The standard InChI is InChI=1S/C9H8F2N2O2/c1-9(2,4-12)8-13-6(7(10)11)5(3-14)15-8/h3,7H,1-2H3. The van der Waals surface area contributed by atoms with Crippen LogP contribution >= 0.6 is 0 Å². The minimum atomic E-state index is -2.89. The predicted molar refractivity (Wildman–Crippen MR) is 45.5 cm³/mol. The summed E-state index contributed by atoms with van der Waals surface area (Å²) in [6.45, 7) is 2.92. The average Bonchev–Trinajstić information content (AvgIpc) is 2.62. The van der Waals surface area contributed by atoms with Crippen LogP contribution in [0.3, 0.4) is 0 Å². The van der Waals surface area contributed by atoms with Crippen molar-refractivity contribution in [2.24, 2.45) is 0 Å². The first-order valence-electron chi connectivity index (χ1n) is 4.08. The fraction of sp³-hybridized carbons (Fsp3) is 0.444. The molecule has 0 aliphatic rings. The quantitative estimate of drug-likeness (QED) is 0.723. The number of aldehydes is 1. The van der Waals surface area contributed by atoms with Gasteiger partial charge in [-0.05, 0) is 13.8 Å². The molecule has 1 rings (SSSR count). The first-order valence-corrected chi connectivity index (χ1v) is 4.08.